The van der Waals surface area contributed by atoms with Gasteiger partial charge in [0.25, 0.3) is 5.91 Å². The number of nitrogens with two attached hydrogens (primary N) is 1. The summed E-state index contributed by atoms with van der Waals surface area (Å²) in [6.45, 7) is 5.87. The average Bonchev–Trinajstić information content (AvgIpc) is 2.77. The molecular formula is C14H18BrN5O. The quantitative estimate of drug-likeness (QED) is 0.879. The van der Waals surface area contributed by atoms with E-state index in [-0.39, 0.29) is 5.91 Å². The van der Waals surface area contributed by atoms with E-state index in [0.29, 0.717) is 17.9 Å². The Balaban J connectivity index is 2.23. The lowest BCUT2D eigenvalue weighted by molar-refractivity contribution is 0.0940. The Morgan fingerprint density at radius 2 is 2.19 bits per heavy atom. The number of amides is 1. The SMILES string of the molecule is Cc1c(C(=O)NCC(C)(C)N)nnn1-c1cccc(Br)c1. The van der Waals surface area contributed by atoms with Crippen LogP contribution in [0.2, 0.25) is 0 Å². The summed E-state index contributed by atoms with van der Waals surface area (Å²) in [4.78, 5) is 12.1. The molecule has 0 saturated carbocycles. The molecule has 2 aromatic rings. The molecule has 0 aliphatic rings. The van der Waals surface area contributed by atoms with Crippen molar-refractivity contribution in [2.75, 3.05) is 6.54 Å². The van der Waals surface area contributed by atoms with Crippen LogP contribution < -0.4 is 11.1 Å². The molecule has 1 aromatic carbocycles. The molecule has 2 rings (SSSR count). The summed E-state index contributed by atoms with van der Waals surface area (Å²) >= 11 is 3.41. The van der Waals surface area contributed by atoms with Crippen LogP contribution >= 0.6 is 15.9 Å². The molecule has 0 bridgehead atoms. The van der Waals surface area contributed by atoms with Gasteiger partial charge < -0.3 is 11.1 Å². The van der Waals surface area contributed by atoms with Crippen LogP contribution in [0.3, 0.4) is 0 Å². The fourth-order valence-corrected chi connectivity index (χ4v) is 2.17. The fourth-order valence-electron chi connectivity index (χ4n) is 1.78. The van der Waals surface area contributed by atoms with Crippen molar-refractivity contribution < 1.29 is 4.79 Å². The summed E-state index contributed by atoms with van der Waals surface area (Å²) in [5.41, 5.74) is 7.21. The van der Waals surface area contributed by atoms with E-state index in [9.17, 15) is 4.79 Å². The smallest absolute Gasteiger partial charge is 0.273 e. The van der Waals surface area contributed by atoms with Crippen LogP contribution in [0.5, 0.6) is 0 Å². The molecule has 0 atom stereocenters. The molecule has 6 nitrogen and oxygen atoms in total. The van der Waals surface area contributed by atoms with Gasteiger partial charge >= 0.3 is 0 Å². The van der Waals surface area contributed by atoms with Crippen LogP contribution in [0.25, 0.3) is 5.69 Å². The van der Waals surface area contributed by atoms with Crippen molar-refractivity contribution in [1.29, 1.82) is 0 Å². The van der Waals surface area contributed by atoms with Crippen molar-refractivity contribution in [2.24, 2.45) is 5.73 Å². The number of carbonyl (C=O) groups is 1. The first-order valence-corrected chi connectivity index (χ1v) is 7.32. The van der Waals surface area contributed by atoms with Gasteiger partial charge in [-0.2, -0.15) is 0 Å². The number of nitrogens with one attached hydrogen (secondary N) is 1. The minimum Gasteiger partial charge on any atom is -0.349 e. The molecule has 112 valence electrons. The molecule has 0 radical (unpaired) electrons. The lowest BCUT2D eigenvalue weighted by Crippen LogP contribution is -2.45. The van der Waals surface area contributed by atoms with E-state index in [1.165, 1.54) is 0 Å². The van der Waals surface area contributed by atoms with Gasteiger partial charge in [0.05, 0.1) is 11.4 Å². The van der Waals surface area contributed by atoms with Crippen molar-refractivity contribution in [3.05, 3.63) is 40.1 Å². The molecule has 0 aliphatic carbocycles. The summed E-state index contributed by atoms with van der Waals surface area (Å²) in [6.07, 6.45) is 0. The van der Waals surface area contributed by atoms with Gasteiger partial charge in [-0.25, -0.2) is 4.68 Å². The summed E-state index contributed by atoms with van der Waals surface area (Å²) in [7, 11) is 0. The largest absolute Gasteiger partial charge is 0.349 e. The molecule has 0 saturated heterocycles. The van der Waals surface area contributed by atoms with E-state index in [4.69, 9.17) is 5.73 Å². The second kappa shape index (κ2) is 5.95. The van der Waals surface area contributed by atoms with Crippen molar-refractivity contribution in [3.63, 3.8) is 0 Å². The minimum absolute atomic E-state index is 0.271. The van der Waals surface area contributed by atoms with Crippen LogP contribution in [0.1, 0.15) is 30.0 Å². The number of carbonyl (C=O) groups excluding carboxylic acids is 1. The summed E-state index contributed by atoms with van der Waals surface area (Å²) < 4.78 is 2.57. The first kappa shape index (κ1) is 15.7. The Labute approximate surface area is 131 Å². The van der Waals surface area contributed by atoms with Crippen LogP contribution in [-0.4, -0.2) is 33.0 Å². The molecule has 0 unspecified atom stereocenters. The zero-order valence-electron chi connectivity index (χ0n) is 12.2. The number of aromatic nitrogens is 3. The van der Waals surface area contributed by atoms with Crippen LogP contribution in [0.4, 0.5) is 0 Å². The van der Waals surface area contributed by atoms with Crippen LogP contribution in [0, 0.1) is 6.92 Å². The highest BCUT2D eigenvalue weighted by Crippen LogP contribution is 2.17. The van der Waals surface area contributed by atoms with E-state index in [0.717, 1.165) is 10.2 Å². The van der Waals surface area contributed by atoms with Gasteiger partial charge in [0.15, 0.2) is 5.69 Å². The zero-order chi connectivity index (χ0) is 15.6. The second-order valence-corrected chi connectivity index (χ2v) is 6.50. The van der Waals surface area contributed by atoms with E-state index in [1.54, 1.807) is 4.68 Å². The zero-order valence-corrected chi connectivity index (χ0v) is 13.8. The van der Waals surface area contributed by atoms with Crippen molar-refractivity contribution in [2.45, 2.75) is 26.3 Å². The van der Waals surface area contributed by atoms with E-state index in [2.05, 4.69) is 31.6 Å². The lowest BCUT2D eigenvalue weighted by atomic mass is 10.1. The monoisotopic (exact) mass is 351 g/mol. The Morgan fingerprint density at radius 1 is 1.48 bits per heavy atom. The molecule has 1 aromatic heterocycles. The first-order chi connectivity index (χ1) is 9.78. The average molecular weight is 352 g/mol. The molecule has 21 heavy (non-hydrogen) atoms. The number of hydrogen-bond donors (Lipinski definition) is 2. The van der Waals surface area contributed by atoms with Crippen LogP contribution in [0.15, 0.2) is 28.7 Å². The molecule has 1 amide bonds. The standard InChI is InChI=1S/C14H18BrN5O/c1-9-12(13(21)17-8-14(2,3)16)18-19-20(9)11-6-4-5-10(15)7-11/h4-7H,8,16H2,1-3H3,(H,17,21). The van der Waals surface area contributed by atoms with Gasteiger partial charge in [-0.05, 0) is 39.0 Å². The van der Waals surface area contributed by atoms with Gasteiger partial charge in [0.2, 0.25) is 0 Å². The summed E-state index contributed by atoms with van der Waals surface area (Å²) in [6, 6.07) is 7.63. The first-order valence-electron chi connectivity index (χ1n) is 6.53. The molecule has 3 N–H and O–H groups in total. The maximum Gasteiger partial charge on any atom is 0.273 e. The van der Waals surface area contributed by atoms with Crippen LogP contribution in [-0.2, 0) is 0 Å². The van der Waals surface area contributed by atoms with Gasteiger partial charge in [-0.3, -0.25) is 4.79 Å². The van der Waals surface area contributed by atoms with Gasteiger partial charge in [0.1, 0.15) is 0 Å². The highest BCUT2D eigenvalue weighted by Gasteiger charge is 2.19. The highest BCUT2D eigenvalue weighted by atomic mass is 79.9. The maximum absolute atomic E-state index is 12.1. The molecule has 0 spiro atoms. The van der Waals surface area contributed by atoms with Gasteiger partial charge in [-0.1, -0.05) is 27.2 Å². The van der Waals surface area contributed by atoms with Gasteiger partial charge in [0, 0.05) is 16.6 Å². The fraction of sp³-hybridized carbons (Fsp3) is 0.357. The summed E-state index contributed by atoms with van der Waals surface area (Å²) in [5, 5.41) is 10.8. The maximum atomic E-state index is 12.1. The highest BCUT2D eigenvalue weighted by molar-refractivity contribution is 9.10. The van der Waals surface area contributed by atoms with Gasteiger partial charge in [-0.15, -0.1) is 5.10 Å². The summed E-state index contributed by atoms with van der Waals surface area (Å²) in [5.74, 6) is -0.271. The Hall–Kier alpha value is -1.73. The molecular weight excluding hydrogens is 334 g/mol. The predicted molar refractivity (Wildman–Crippen MR) is 84.4 cm³/mol. The number of halogens is 1. The number of nitrogens with zero attached hydrogens (tertiary/aromatic N) is 3. The number of benzene rings is 1. The second-order valence-electron chi connectivity index (χ2n) is 5.59. The van der Waals surface area contributed by atoms with E-state index >= 15 is 0 Å². The molecule has 0 aliphatic heterocycles. The molecule has 0 fully saturated rings. The number of rotatable bonds is 4. The van der Waals surface area contributed by atoms with Crippen molar-refractivity contribution >= 4 is 21.8 Å². The third kappa shape index (κ3) is 3.89. The Morgan fingerprint density at radius 3 is 2.81 bits per heavy atom. The molecule has 1 heterocycles. The normalized spacial score (nSPS) is 11.5. The lowest BCUT2D eigenvalue weighted by Gasteiger charge is -2.18. The van der Waals surface area contributed by atoms with Crippen molar-refractivity contribution in [1.82, 2.24) is 20.3 Å². The van der Waals surface area contributed by atoms with Crippen molar-refractivity contribution in [3.8, 4) is 5.69 Å². The Bertz CT molecular complexity index is 660. The Kier molecular flexibility index (Phi) is 4.43. The predicted octanol–water partition coefficient (Wildman–Crippen LogP) is 1.81. The third-order valence-electron chi connectivity index (χ3n) is 2.87. The number of hydrogen-bond acceptors (Lipinski definition) is 4. The minimum atomic E-state index is -0.468. The van der Waals surface area contributed by atoms with E-state index < -0.39 is 5.54 Å². The van der Waals surface area contributed by atoms with E-state index in [1.807, 2.05) is 45.0 Å². The third-order valence-corrected chi connectivity index (χ3v) is 3.36. The molecule has 7 heteroatoms. The topological polar surface area (TPSA) is 85.8 Å².